The molecule has 150 valence electrons. The monoisotopic (exact) mass is 540 g/mol. The lowest BCUT2D eigenvalue weighted by Crippen LogP contribution is -2.57. The Bertz CT molecular complexity index is 869. The first-order valence-electron chi connectivity index (χ1n) is 8.51. The molecule has 1 fully saturated rings. The molecule has 1 N–H and O–H groups in total. The molecule has 0 aliphatic carbocycles. The van der Waals surface area contributed by atoms with E-state index in [1.165, 1.54) is 23.4 Å². The van der Waals surface area contributed by atoms with Crippen molar-refractivity contribution in [1.29, 1.82) is 0 Å². The zero-order valence-electron chi connectivity index (χ0n) is 14.8. The Kier molecular flexibility index (Phi) is 6.61. The Hall–Kier alpha value is -1.26. The summed E-state index contributed by atoms with van der Waals surface area (Å²) >= 11 is 13.8. The van der Waals surface area contributed by atoms with Crippen molar-refractivity contribution in [2.45, 2.75) is 25.3 Å². The quantitative estimate of drug-likeness (QED) is 0.555. The van der Waals surface area contributed by atoms with Crippen LogP contribution in [0.15, 0.2) is 30.6 Å². The first-order valence-corrected chi connectivity index (χ1v) is 10.3. The third-order valence-electron chi connectivity index (χ3n) is 4.59. The van der Waals surface area contributed by atoms with Gasteiger partial charge in [0.25, 0.3) is 11.8 Å². The number of hydrogen-bond donors (Lipinski definition) is 1. The molecule has 2 aromatic rings. The van der Waals surface area contributed by atoms with E-state index >= 15 is 0 Å². The normalized spacial score (nSPS) is 21.4. The van der Waals surface area contributed by atoms with Crippen LogP contribution in [0.1, 0.15) is 23.7 Å². The Morgan fingerprint density at radius 3 is 2.68 bits per heavy atom. The first kappa shape index (κ1) is 21.4. The van der Waals surface area contributed by atoms with Gasteiger partial charge in [-0.05, 0) is 46.7 Å². The van der Waals surface area contributed by atoms with Crippen molar-refractivity contribution < 1.29 is 13.6 Å². The highest BCUT2D eigenvalue weighted by Crippen LogP contribution is 2.35. The second-order valence-corrected chi connectivity index (χ2v) is 8.80. The van der Waals surface area contributed by atoms with Gasteiger partial charge >= 0.3 is 0 Å². The molecule has 0 spiro atoms. The topological polar surface area (TPSA) is 58.1 Å². The number of piperidine rings is 1. The van der Waals surface area contributed by atoms with E-state index in [9.17, 15) is 13.6 Å². The molecule has 1 unspecified atom stereocenters. The van der Waals surface area contributed by atoms with Gasteiger partial charge in [0.1, 0.15) is 0 Å². The Morgan fingerprint density at radius 1 is 1.32 bits per heavy atom. The van der Waals surface area contributed by atoms with Crippen LogP contribution >= 0.6 is 45.8 Å². The van der Waals surface area contributed by atoms with Gasteiger partial charge in [0.2, 0.25) is 5.95 Å². The van der Waals surface area contributed by atoms with Gasteiger partial charge in [-0.2, -0.15) is 0 Å². The minimum atomic E-state index is -2.95. The average Bonchev–Trinajstić information content (AvgIpc) is 2.62. The number of nitrogens with one attached hydrogen (secondary N) is 1. The number of rotatable bonds is 4. The fourth-order valence-electron chi connectivity index (χ4n) is 3.29. The predicted octanol–water partition coefficient (Wildman–Crippen LogP) is 4.99. The Balaban J connectivity index is 1.85. The minimum Gasteiger partial charge on any atom is -0.352 e. The summed E-state index contributed by atoms with van der Waals surface area (Å²) in [6.45, 7) is 1.31. The van der Waals surface area contributed by atoms with Crippen LogP contribution in [0.4, 0.5) is 14.7 Å². The lowest BCUT2D eigenvalue weighted by atomic mass is 9.88. The number of halogens is 5. The number of benzene rings is 1. The predicted molar refractivity (Wildman–Crippen MR) is 113 cm³/mol. The third-order valence-corrected chi connectivity index (χ3v) is 5.96. The molecule has 3 rings (SSSR count). The zero-order valence-corrected chi connectivity index (χ0v) is 18.5. The molecule has 0 bridgehead atoms. The summed E-state index contributed by atoms with van der Waals surface area (Å²) in [5.41, 5.74) is 0.311. The van der Waals surface area contributed by atoms with E-state index in [4.69, 9.17) is 23.2 Å². The number of carbonyl (C=O) groups is 1. The van der Waals surface area contributed by atoms with Gasteiger partial charge in [-0.3, -0.25) is 4.79 Å². The standard InChI is InChI=1S/C18H17Cl2F2IN4O/c1-10-5-18(21,22)9-27(16(28)13-4-11(19)2-3-14(13)23)15(10)8-26-17-24-6-12(20)7-25-17/h2-4,6-7,10,15H,5,8-9H2,1H3,(H,24,25,26)/t10-,15?/m1/s1. The molecule has 2 heterocycles. The van der Waals surface area contributed by atoms with E-state index in [1.807, 2.05) is 22.6 Å². The molecule has 10 heteroatoms. The van der Waals surface area contributed by atoms with Crippen LogP contribution in [0.5, 0.6) is 0 Å². The lowest BCUT2D eigenvalue weighted by Gasteiger charge is -2.43. The number of hydrogen-bond acceptors (Lipinski definition) is 4. The fraction of sp³-hybridized carbons (Fsp3) is 0.389. The number of nitrogens with zero attached hydrogens (tertiary/aromatic N) is 3. The number of likely N-dealkylation sites (tertiary alicyclic amines) is 1. The number of carbonyl (C=O) groups excluding carboxylic acids is 1. The SMILES string of the molecule is C[C@@H]1CC(F)(F)CN(C(=O)c2cc(Cl)ccc2I)C1CNc1ncc(Cl)cn1. The molecule has 1 aliphatic rings. The highest BCUT2D eigenvalue weighted by Gasteiger charge is 2.46. The molecule has 0 radical (unpaired) electrons. The van der Waals surface area contributed by atoms with Crippen LogP contribution in [0.2, 0.25) is 10.0 Å². The fourth-order valence-corrected chi connectivity index (χ4v) is 4.13. The molecule has 28 heavy (non-hydrogen) atoms. The van der Waals surface area contributed by atoms with E-state index in [0.29, 0.717) is 25.1 Å². The van der Waals surface area contributed by atoms with E-state index in [0.717, 1.165) is 0 Å². The molecule has 1 saturated heterocycles. The number of alkyl halides is 2. The zero-order chi connectivity index (χ0) is 20.5. The summed E-state index contributed by atoms with van der Waals surface area (Å²) in [5, 5.41) is 3.79. The second-order valence-electron chi connectivity index (χ2n) is 6.77. The Morgan fingerprint density at radius 2 is 2.00 bits per heavy atom. The molecule has 1 aliphatic heterocycles. The van der Waals surface area contributed by atoms with Gasteiger partial charge in [0.15, 0.2) is 0 Å². The van der Waals surface area contributed by atoms with Crippen molar-refractivity contribution in [3.05, 3.63) is 49.8 Å². The van der Waals surface area contributed by atoms with Crippen molar-refractivity contribution in [2.24, 2.45) is 5.92 Å². The van der Waals surface area contributed by atoms with Gasteiger partial charge in [0, 0.05) is 21.6 Å². The molecular formula is C18H17Cl2F2IN4O. The van der Waals surface area contributed by atoms with E-state index in [1.54, 1.807) is 19.1 Å². The molecule has 1 aromatic heterocycles. The van der Waals surface area contributed by atoms with Crippen molar-refractivity contribution in [2.75, 3.05) is 18.4 Å². The molecule has 1 aromatic carbocycles. The summed E-state index contributed by atoms with van der Waals surface area (Å²) in [5.74, 6) is -3.53. The van der Waals surface area contributed by atoms with Crippen LogP contribution in [-0.2, 0) is 0 Å². The first-order chi connectivity index (χ1) is 13.2. The van der Waals surface area contributed by atoms with Crippen molar-refractivity contribution >= 4 is 57.6 Å². The largest absolute Gasteiger partial charge is 0.352 e. The van der Waals surface area contributed by atoms with Crippen molar-refractivity contribution in [1.82, 2.24) is 14.9 Å². The van der Waals surface area contributed by atoms with Crippen LogP contribution < -0.4 is 5.32 Å². The van der Waals surface area contributed by atoms with Crippen LogP contribution in [-0.4, -0.2) is 45.8 Å². The van der Waals surface area contributed by atoms with Crippen molar-refractivity contribution in [3.8, 4) is 0 Å². The smallest absolute Gasteiger partial charge is 0.265 e. The Labute approximate surface area is 185 Å². The number of amides is 1. The van der Waals surface area contributed by atoms with Gasteiger partial charge in [-0.1, -0.05) is 30.1 Å². The highest BCUT2D eigenvalue weighted by atomic mass is 127. The van der Waals surface area contributed by atoms with Crippen LogP contribution in [0.3, 0.4) is 0 Å². The van der Waals surface area contributed by atoms with E-state index < -0.39 is 30.3 Å². The number of anilines is 1. The van der Waals surface area contributed by atoms with Gasteiger partial charge in [0.05, 0.1) is 35.6 Å². The van der Waals surface area contributed by atoms with Gasteiger partial charge < -0.3 is 10.2 Å². The molecule has 5 nitrogen and oxygen atoms in total. The van der Waals surface area contributed by atoms with Crippen molar-refractivity contribution in [3.63, 3.8) is 0 Å². The summed E-state index contributed by atoms with van der Waals surface area (Å²) in [6, 6.07) is 4.40. The lowest BCUT2D eigenvalue weighted by molar-refractivity contribution is -0.0898. The van der Waals surface area contributed by atoms with Gasteiger partial charge in [-0.25, -0.2) is 18.7 Å². The van der Waals surface area contributed by atoms with E-state index in [2.05, 4.69) is 15.3 Å². The minimum absolute atomic E-state index is 0.238. The maximum atomic E-state index is 14.3. The summed E-state index contributed by atoms with van der Waals surface area (Å²) in [4.78, 5) is 22.4. The van der Waals surface area contributed by atoms with E-state index in [-0.39, 0.29) is 13.0 Å². The van der Waals surface area contributed by atoms with Crippen LogP contribution in [0, 0.1) is 9.49 Å². The van der Waals surface area contributed by atoms with Crippen LogP contribution in [0.25, 0.3) is 0 Å². The highest BCUT2D eigenvalue weighted by molar-refractivity contribution is 14.1. The molecule has 0 saturated carbocycles. The third kappa shape index (κ3) is 5.01. The maximum Gasteiger partial charge on any atom is 0.265 e. The molecule has 2 atom stereocenters. The summed E-state index contributed by atoms with van der Waals surface area (Å²) < 4.78 is 29.2. The summed E-state index contributed by atoms with van der Waals surface area (Å²) in [6.07, 6.45) is 2.58. The number of aromatic nitrogens is 2. The maximum absolute atomic E-state index is 14.3. The molecular weight excluding hydrogens is 524 g/mol. The summed E-state index contributed by atoms with van der Waals surface area (Å²) in [7, 11) is 0. The average molecular weight is 541 g/mol. The second kappa shape index (κ2) is 8.62. The molecule has 1 amide bonds. The van der Waals surface area contributed by atoms with Gasteiger partial charge in [-0.15, -0.1) is 0 Å².